The van der Waals surface area contributed by atoms with E-state index in [-0.39, 0.29) is 30.7 Å². The van der Waals surface area contributed by atoms with Crippen LogP contribution in [0.5, 0.6) is 5.75 Å². The van der Waals surface area contributed by atoms with E-state index in [1.165, 1.54) is 12.1 Å². The van der Waals surface area contributed by atoms with E-state index in [0.29, 0.717) is 26.2 Å². The van der Waals surface area contributed by atoms with Crippen molar-refractivity contribution in [1.82, 2.24) is 9.80 Å². The molecule has 1 aliphatic heterocycles. The Morgan fingerprint density at radius 2 is 1.63 bits per heavy atom. The molecule has 0 aliphatic carbocycles. The molecule has 2 aromatic rings. The van der Waals surface area contributed by atoms with Gasteiger partial charge in [-0.2, -0.15) is 0 Å². The minimum absolute atomic E-state index is 0.0714. The van der Waals surface area contributed by atoms with E-state index in [9.17, 15) is 14.0 Å². The van der Waals surface area contributed by atoms with Gasteiger partial charge in [0.1, 0.15) is 0 Å². The van der Waals surface area contributed by atoms with Gasteiger partial charge >= 0.3 is 0 Å². The molecule has 3 rings (SSSR count). The minimum atomic E-state index is -0.487. The largest absolute Gasteiger partial charge is 0.481 e. The van der Waals surface area contributed by atoms with Crippen LogP contribution in [0, 0.1) is 5.82 Å². The number of benzene rings is 2. The lowest BCUT2D eigenvalue weighted by Gasteiger charge is -2.34. The smallest absolute Gasteiger partial charge is 0.260 e. The predicted octanol–water partition coefficient (Wildman–Crippen LogP) is 1.99. The van der Waals surface area contributed by atoms with Crippen LogP contribution in [0.4, 0.5) is 10.1 Å². The lowest BCUT2D eigenvalue weighted by Crippen LogP contribution is -2.51. The Labute approximate surface area is 157 Å². The Hall–Kier alpha value is -2.93. The maximum absolute atomic E-state index is 13.5. The molecule has 1 saturated heterocycles. The maximum atomic E-state index is 13.5. The predicted molar refractivity (Wildman–Crippen MR) is 100.0 cm³/mol. The molecule has 7 heteroatoms. The molecule has 2 aromatic carbocycles. The number of rotatable bonds is 6. The normalized spacial score (nSPS) is 14.6. The minimum Gasteiger partial charge on any atom is -0.481 e. The summed E-state index contributed by atoms with van der Waals surface area (Å²) in [6.45, 7) is 2.32. The van der Waals surface area contributed by atoms with Crippen LogP contribution in [-0.4, -0.2) is 60.9 Å². The molecule has 0 spiro atoms. The third kappa shape index (κ3) is 5.52. The number of halogens is 1. The molecule has 1 heterocycles. The molecule has 0 radical (unpaired) electrons. The van der Waals surface area contributed by atoms with Gasteiger partial charge in [0.25, 0.3) is 5.91 Å². The highest BCUT2D eigenvalue weighted by atomic mass is 19.1. The molecule has 2 amide bonds. The van der Waals surface area contributed by atoms with Gasteiger partial charge in [0.15, 0.2) is 18.2 Å². The Bertz CT molecular complexity index is 777. The van der Waals surface area contributed by atoms with Crippen molar-refractivity contribution >= 4 is 17.5 Å². The molecule has 0 saturated carbocycles. The van der Waals surface area contributed by atoms with E-state index < -0.39 is 5.82 Å². The molecule has 6 nitrogen and oxygen atoms in total. The van der Waals surface area contributed by atoms with Gasteiger partial charge in [-0.15, -0.1) is 0 Å². The van der Waals surface area contributed by atoms with Crippen molar-refractivity contribution in [1.29, 1.82) is 0 Å². The number of ether oxygens (including phenoxy) is 1. The van der Waals surface area contributed by atoms with Crippen molar-refractivity contribution in [2.45, 2.75) is 0 Å². The third-order valence-electron chi connectivity index (χ3n) is 4.34. The highest BCUT2D eigenvalue weighted by Gasteiger charge is 2.23. The number of para-hydroxylation sites is 2. The Kier molecular flexibility index (Phi) is 6.38. The molecule has 1 fully saturated rings. The fourth-order valence-electron chi connectivity index (χ4n) is 2.87. The molecule has 0 unspecified atom stereocenters. The second-order valence-electron chi connectivity index (χ2n) is 6.29. The van der Waals surface area contributed by atoms with Crippen molar-refractivity contribution in [3.05, 3.63) is 60.4 Å². The summed E-state index contributed by atoms with van der Waals surface area (Å²) in [7, 11) is 0. The third-order valence-corrected chi connectivity index (χ3v) is 4.34. The first-order chi connectivity index (χ1) is 13.1. The van der Waals surface area contributed by atoms with Gasteiger partial charge in [-0.25, -0.2) is 4.39 Å². The molecule has 1 aliphatic rings. The summed E-state index contributed by atoms with van der Waals surface area (Å²) in [6, 6.07) is 15.3. The number of nitrogens with one attached hydrogen (secondary N) is 1. The number of amides is 2. The van der Waals surface area contributed by atoms with Crippen LogP contribution in [0.1, 0.15) is 0 Å². The summed E-state index contributed by atoms with van der Waals surface area (Å²) < 4.78 is 18.8. The van der Waals surface area contributed by atoms with E-state index in [1.54, 1.807) is 17.0 Å². The highest BCUT2D eigenvalue weighted by Crippen LogP contribution is 2.15. The van der Waals surface area contributed by atoms with Gasteiger partial charge in [0.2, 0.25) is 5.91 Å². The van der Waals surface area contributed by atoms with Crippen molar-refractivity contribution in [3.63, 3.8) is 0 Å². The summed E-state index contributed by atoms with van der Waals surface area (Å²) in [6.07, 6.45) is 0. The molecular weight excluding hydrogens is 349 g/mol. The average molecular weight is 371 g/mol. The standard InChI is InChI=1S/C20H22FN3O3/c21-17-8-4-5-9-18(17)27-15-20(26)24-12-10-23(11-13-24)14-19(25)22-16-6-2-1-3-7-16/h1-9H,10-15H2,(H,22,25). The van der Waals surface area contributed by atoms with Crippen LogP contribution in [0.2, 0.25) is 0 Å². The lowest BCUT2D eigenvalue weighted by atomic mass is 10.3. The number of anilines is 1. The zero-order valence-corrected chi connectivity index (χ0v) is 14.9. The number of hydrogen-bond acceptors (Lipinski definition) is 4. The Balaban J connectivity index is 1.40. The summed E-state index contributed by atoms with van der Waals surface area (Å²) >= 11 is 0. The first-order valence-corrected chi connectivity index (χ1v) is 8.84. The summed E-state index contributed by atoms with van der Waals surface area (Å²) in [5.74, 6) is -0.683. The topological polar surface area (TPSA) is 61.9 Å². The lowest BCUT2D eigenvalue weighted by molar-refractivity contribution is -0.135. The van der Waals surface area contributed by atoms with Crippen LogP contribution in [-0.2, 0) is 9.59 Å². The number of carbonyl (C=O) groups is 2. The van der Waals surface area contributed by atoms with Crippen LogP contribution in [0.25, 0.3) is 0 Å². The van der Waals surface area contributed by atoms with Crippen molar-refractivity contribution in [2.24, 2.45) is 0 Å². The number of piperazine rings is 1. The average Bonchev–Trinajstić information content (AvgIpc) is 2.68. The van der Waals surface area contributed by atoms with Gasteiger partial charge in [0.05, 0.1) is 6.54 Å². The van der Waals surface area contributed by atoms with Crippen LogP contribution in [0.3, 0.4) is 0 Å². The summed E-state index contributed by atoms with van der Waals surface area (Å²) in [5.41, 5.74) is 0.765. The highest BCUT2D eigenvalue weighted by molar-refractivity contribution is 5.92. The van der Waals surface area contributed by atoms with Gasteiger partial charge < -0.3 is 15.0 Å². The molecule has 1 N–H and O–H groups in total. The van der Waals surface area contributed by atoms with Crippen molar-refractivity contribution in [2.75, 3.05) is 44.6 Å². The molecule has 0 atom stereocenters. The second-order valence-corrected chi connectivity index (χ2v) is 6.29. The zero-order valence-electron chi connectivity index (χ0n) is 14.9. The molecular formula is C20H22FN3O3. The van der Waals surface area contributed by atoms with Crippen LogP contribution in [0.15, 0.2) is 54.6 Å². The first kappa shape index (κ1) is 18.8. The summed E-state index contributed by atoms with van der Waals surface area (Å²) in [4.78, 5) is 28.0. The van der Waals surface area contributed by atoms with E-state index in [1.807, 2.05) is 35.2 Å². The van der Waals surface area contributed by atoms with Gasteiger partial charge in [-0.1, -0.05) is 30.3 Å². The Morgan fingerprint density at radius 3 is 2.33 bits per heavy atom. The van der Waals surface area contributed by atoms with Crippen molar-refractivity contribution in [3.8, 4) is 5.75 Å². The van der Waals surface area contributed by atoms with E-state index in [2.05, 4.69) is 5.32 Å². The maximum Gasteiger partial charge on any atom is 0.260 e. The van der Waals surface area contributed by atoms with Crippen molar-refractivity contribution < 1.29 is 18.7 Å². The molecule has 142 valence electrons. The van der Waals surface area contributed by atoms with E-state index in [0.717, 1.165) is 5.69 Å². The quantitative estimate of drug-likeness (QED) is 0.844. The molecule has 27 heavy (non-hydrogen) atoms. The first-order valence-electron chi connectivity index (χ1n) is 8.84. The molecule has 0 aromatic heterocycles. The van der Waals surface area contributed by atoms with Gasteiger partial charge in [0, 0.05) is 31.9 Å². The Morgan fingerprint density at radius 1 is 0.963 bits per heavy atom. The SMILES string of the molecule is O=C(CN1CCN(C(=O)COc2ccccc2F)CC1)Nc1ccccc1. The zero-order chi connectivity index (χ0) is 19.1. The van der Waals surface area contributed by atoms with E-state index >= 15 is 0 Å². The van der Waals surface area contributed by atoms with Gasteiger partial charge in [-0.05, 0) is 24.3 Å². The number of carbonyl (C=O) groups excluding carboxylic acids is 2. The second kappa shape index (κ2) is 9.14. The summed E-state index contributed by atoms with van der Waals surface area (Å²) in [5, 5.41) is 2.85. The molecule has 0 bridgehead atoms. The van der Waals surface area contributed by atoms with Crippen LogP contribution < -0.4 is 10.1 Å². The fraction of sp³-hybridized carbons (Fsp3) is 0.300. The monoisotopic (exact) mass is 371 g/mol. The number of nitrogens with zero attached hydrogens (tertiary/aromatic N) is 2. The fourth-order valence-corrected chi connectivity index (χ4v) is 2.87. The van der Waals surface area contributed by atoms with Gasteiger partial charge in [-0.3, -0.25) is 14.5 Å². The van der Waals surface area contributed by atoms with Crippen LogP contribution >= 0.6 is 0 Å². The van der Waals surface area contributed by atoms with E-state index in [4.69, 9.17) is 4.74 Å². The number of hydrogen-bond donors (Lipinski definition) is 1.